The van der Waals surface area contributed by atoms with Crippen LogP contribution in [-0.2, 0) is 5.41 Å². The minimum Gasteiger partial charge on any atom is -0.493 e. The molecule has 6 nitrogen and oxygen atoms in total. The van der Waals surface area contributed by atoms with Crippen LogP contribution in [0.15, 0.2) is 69.9 Å². The minimum atomic E-state index is -0.711. The predicted molar refractivity (Wildman–Crippen MR) is 136 cm³/mol. The first kappa shape index (κ1) is 24.1. The molecule has 6 heteroatoms. The van der Waals surface area contributed by atoms with Crippen molar-refractivity contribution in [2.75, 3.05) is 14.2 Å². The van der Waals surface area contributed by atoms with Gasteiger partial charge in [0.05, 0.1) is 25.2 Å². The summed E-state index contributed by atoms with van der Waals surface area (Å²) in [6, 6.07) is 17.6. The molecule has 180 valence electrons. The maximum absolute atomic E-state index is 13.5. The smallest absolute Gasteiger partial charge is 0.343 e. The normalized spacial score (nSPS) is 11.4. The van der Waals surface area contributed by atoms with Crippen LogP contribution in [-0.4, -0.2) is 20.2 Å². The molecule has 35 heavy (non-hydrogen) atoms. The summed E-state index contributed by atoms with van der Waals surface area (Å²) in [7, 11) is 2.99. The maximum atomic E-state index is 13.5. The number of methoxy groups -OCH3 is 2. The van der Waals surface area contributed by atoms with Gasteiger partial charge in [-0.2, -0.15) is 0 Å². The molecule has 4 rings (SSSR count). The second-order valence-corrected chi connectivity index (χ2v) is 9.38. The molecule has 0 saturated carbocycles. The summed E-state index contributed by atoms with van der Waals surface area (Å²) in [5, 5.41) is 0.334. The number of hydrogen-bond donors (Lipinski definition) is 0. The van der Waals surface area contributed by atoms with E-state index in [1.807, 2.05) is 37.3 Å². The summed E-state index contributed by atoms with van der Waals surface area (Å²) in [5.74, 6) is 0.175. The van der Waals surface area contributed by atoms with E-state index in [1.165, 1.54) is 20.3 Å². The number of benzene rings is 3. The van der Waals surface area contributed by atoms with Crippen LogP contribution in [0.1, 0.15) is 42.3 Å². The highest BCUT2D eigenvalue weighted by Crippen LogP contribution is 2.34. The molecule has 0 N–H and O–H groups in total. The fourth-order valence-electron chi connectivity index (χ4n) is 3.80. The average molecular weight is 473 g/mol. The Labute approximate surface area is 204 Å². The highest BCUT2D eigenvalue weighted by Gasteiger charge is 2.23. The van der Waals surface area contributed by atoms with Gasteiger partial charge in [-0.05, 0) is 53.8 Å². The standard InChI is InChI=1S/C29H28O6/c1-17-7-13-21-23(15-17)34-26(18-8-11-20(12-9-18)29(2,3)4)27(25(21)30)35-28(31)19-10-14-22(32-5)24(16-19)33-6/h7-16H,1-6H3. The van der Waals surface area contributed by atoms with Crippen LogP contribution in [0.4, 0.5) is 0 Å². The van der Waals surface area contributed by atoms with Crippen LogP contribution in [0.2, 0.25) is 0 Å². The van der Waals surface area contributed by atoms with Gasteiger partial charge in [0.25, 0.3) is 0 Å². The van der Waals surface area contributed by atoms with Crippen molar-refractivity contribution in [1.29, 1.82) is 0 Å². The van der Waals surface area contributed by atoms with E-state index in [0.29, 0.717) is 28.0 Å². The SMILES string of the molecule is COc1ccc(C(=O)Oc2c(-c3ccc(C(C)(C)C)cc3)oc3cc(C)ccc3c2=O)cc1OC. The summed E-state index contributed by atoms with van der Waals surface area (Å²) in [6.45, 7) is 8.29. The van der Waals surface area contributed by atoms with Gasteiger partial charge in [0.1, 0.15) is 5.58 Å². The zero-order valence-electron chi connectivity index (χ0n) is 20.7. The van der Waals surface area contributed by atoms with E-state index in [0.717, 1.165) is 11.1 Å². The molecule has 0 radical (unpaired) electrons. The fourth-order valence-corrected chi connectivity index (χ4v) is 3.80. The van der Waals surface area contributed by atoms with Gasteiger partial charge in [0.2, 0.25) is 11.2 Å². The van der Waals surface area contributed by atoms with Gasteiger partial charge in [-0.15, -0.1) is 0 Å². The number of rotatable bonds is 5. The van der Waals surface area contributed by atoms with E-state index >= 15 is 0 Å². The lowest BCUT2D eigenvalue weighted by molar-refractivity contribution is 0.0731. The lowest BCUT2D eigenvalue weighted by Gasteiger charge is -2.19. The Hall–Kier alpha value is -4.06. The van der Waals surface area contributed by atoms with Crippen LogP contribution >= 0.6 is 0 Å². The van der Waals surface area contributed by atoms with Gasteiger partial charge >= 0.3 is 5.97 Å². The number of carbonyl (C=O) groups excluding carboxylic acids is 1. The molecule has 0 amide bonds. The molecule has 0 aliphatic heterocycles. The molecule has 0 bridgehead atoms. The van der Waals surface area contributed by atoms with Crippen LogP contribution in [0.3, 0.4) is 0 Å². The highest BCUT2D eigenvalue weighted by atomic mass is 16.5. The summed E-state index contributed by atoms with van der Waals surface area (Å²) in [4.78, 5) is 26.6. The molecule has 0 aliphatic rings. The van der Waals surface area contributed by atoms with Crippen molar-refractivity contribution in [3.63, 3.8) is 0 Å². The Bertz CT molecular complexity index is 1460. The molecule has 4 aromatic rings. The van der Waals surface area contributed by atoms with Crippen LogP contribution in [0, 0.1) is 6.92 Å². The number of aryl methyl sites for hydroxylation is 1. The summed E-state index contributed by atoms with van der Waals surface area (Å²) >= 11 is 0. The van der Waals surface area contributed by atoms with E-state index in [2.05, 4.69) is 20.8 Å². The third kappa shape index (κ3) is 4.78. The van der Waals surface area contributed by atoms with Gasteiger partial charge in [-0.3, -0.25) is 4.79 Å². The Morgan fingerprint density at radius 2 is 1.54 bits per heavy atom. The second kappa shape index (κ2) is 9.29. The van der Waals surface area contributed by atoms with Crippen molar-refractivity contribution in [1.82, 2.24) is 0 Å². The van der Waals surface area contributed by atoms with Crippen molar-refractivity contribution < 1.29 is 23.4 Å². The Morgan fingerprint density at radius 3 is 2.17 bits per heavy atom. The highest BCUT2D eigenvalue weighted by molar-refractivity contribution is 5.93. The monoisotopic (exact) mass is 472 g/mol. The van der Waals surface area contributed by atoms with E-state index in [-0.39, 0.29) is 22.5 Å². The van der Waals surface area contributed by atoms with Crippen LogP contribution in [0.5, 0.6) is 17.2 Å². The van der Waals surface area contributed by atoms with Crippen molar-refractivity contribution in [2.45, 2.75) is 33.1 Å². The quantitative estimate of drug-likeness (QED) is 0.317. The first-order valence-corrected chi connectivity index (χ1v) is 11.2. The molecule has 1 heterocycles. The van der Waals surface area contributed by atoms with Crippen molar-refractivity contribution in [3.8, 4) is 28.6 Å². The van der Waals surface area contributed by atoms with Gasteiger partial charge in [0.15, 0.2) is 17.3 Å². The molecule has 0 fully saturated rings. The summed E-state index contributed by atoms with van der Waals surface area (Å²) in [5.41, 5.74) is 2.89. The third-order valence-electron chi connectivity index (χ3n) is 5.83. The van der Waals surface area contributed by atoms with Gasteiger partial charge in [-0.25, -0.2) is 4.79 Å². The third-order valence-corrected chi connectivity index (χ3v) is 5.83. The van der Waals surface area contributed by atoms with Gasteiger partial charge in [0, 0.05) is 5.56 Å². The molecule has 1 aromatic heterocycles. The van der Waals surface area contributed by atoms with Crippen molar-refractivity contribution in [2.24, 2.45) is 0 Å². The topological polar surface area (TPSA) is 75.0 Å². The van der Waals surface area contributed by atoms with Crippen LogP contribution in [0.25, 0.3) is 22.3 Å². The molecule has 0 unspecified atom stereocenters. The lowest BCUT2D eigenvalue weighted by Crippen LogP contribution is -2.16. The zero-order valence-corrected chi connectivity index (χ0v) is 20.7. The van der Waals surface area contributed by atoms with Gasteiger partial charge in [-0.1, -0.05) is 51.1 Å². The van der Waals surface area contributed by atoms with Gasteiger partial charge < -0.3 is 18.6 Å². The molecular weight excluding hydrogens is 444 g/mol. The summed E-state index contributed by atoms with van der Waals surface area (Å²) < 4.78 is 22.4. The van der Waals surface area contributed by atoms with E-state index < -0.39 is 11.4 Å². The first-order valence-electron chi connectivity index (χ1n) is 11.2. The predicted octanol–water partition coefficient (Wildman–Crippen LogP) is 6.30. The molecular formula is C29H28O6. The van der Waals surface area contributed by atoms with Crippen molar-refractivity contribution >= 4 is 16.9 Å². The molecule has 0 atom stereocenters. The number of esters is 1. The van der Waals surface area contributed by atoms with E-state index in [4.69, 9.17) is 18.6 Å². The van der Waals surface area contributed by atoms with Crippen molar-refractivity contribution in [3.05, 3.63) is 87.6 Å². The lowest BCUT2D eigenvalue weighted by atomic mass is 9.86. The number of ether oxygens (including phenoxy) is 3. The number of hydrogen-bond acceptors (Lipinski definition) is 6. The molecule has 0 saturated heterocycles. The molecule has 0 spiro atoms. The number of fused-ring (bicyclic) bond motifs is 1. The Morgan fingerprint density at radius 1 is 0.857 bits per heavy atom. The number of carbonyl (C=O) groups is 1. The summed E-state index contributed by atoms with van der Waals surface area (Å²) in [6.07, 6.45) is 0. The second-order valence-electron chi connectivity index (χ2n) is 9.38. The first-order chi connectivity index (χ1) is 16.6. The Kier molecular flexibility index (Phi) is 6.39. The van der Waals surface area contributed by atoms with Crippen LogP contribution < -0.4 is 19.6 Å². The zero-order chi connectivity index (χ0) is 25.3. The average Bonchev–Trinajstić information content (AvgIpc) is 2.84. The van der Waals surface area contributed by atoms with E-state index in [1.54, 1.807) is 24.3 Å². The molecule has 0 aliphatic carbocycles. The fraction of sp³-hybridized carbons (Fsp3) is 0.241. The van der Waals surface area contributed by atoms with E-state index in [9.17, 15) is 9.59 Å². The maximum Gasteiger partial charge on any atom is 0.343 e. The largest absolute Gasteiger partial charge is 0.493 e. The minimum absolute atomic E-state index is 0.0391. The Balaban J connectivity index is 1.85. The molecule has 3 aromatic carbocycles.